The molecule has 92 valence electrons. The first kappa shape index (κ1) is 10.8. The maximum atomic E-state index is 11.8. The summed E-state index contributed by atoms with van der Waals surface area (Å²) in [7, 11) is 3.96. The number of fused-ring (bicyclic) bond motifs is 3. The molecule has 0 bridgehead atoms. The fraction of sp³-hybridized carbons (Fsp3) is 0.231. The number of nitrogens with zero attached hydrogens (tertiary/aromatic N) is 3. The van der Waals surface area contributed by atoms with Gasteiger partial charge in [-0.3, -0.25) is 0 Å². The van der Waals surface area contributed by atoms with E-state index in [0.29, 0.717) is 5.65 Å². The number of benzene rings is 1. The average molecular weight is 242 g/mol. The number of aromatic amines is 1. The highest BCUT2D eigenvalue weighted by Gasteiger charge is 2.09. The van der Waals surface area contributed by atoms with Gasteiger partial charge in [-0.25, -0.2) is 14.3 Å². The van der Waals surface area contributed by atoms with Crippen LogP contribution >= 0.6 is 0 Å². The van der Waals surface area contributed by atoms with E-state index in [-0.39, 0.29) is 5.69 Å². The van der Waals surface area contributed by atoms with Crippen LogP contribution in [0.5, 0.6) is 0 Å². The van der Waals surface area contributed by atoms with E-state index in [1.807, 2.05) is 50.2 Å². The summed E-state index contributed by atoms with van der Waals surface area (Å²) in [6.45, 7) is 2.02. The lowest BCUT2D eigenvalue weighted by atomic mass is 10.1. The number of aromatic nitrogens is 3. The van der Waals surface area contributed by atoms with Crippen molar-refractivity contribution >= 4 is 22.2 Å². The fourth-order valence-electron chi connectivity index (χ4n) is 2.23. The minimum Gasteiger partial charge on any atom is -0.378 e. The van der Waals surface area contributed by atoms with E-state index in [1.54, 1.807) is 4.40 Å². The molecule has 0 saturated carbocycles. The van der Waals surface area contributed by atoms with E-state index < -0.39 is 0 Å². The number of pyridine rings is 1. The van der Waals surface area contributed by atoms with Crippen LogP contribution in [0.25, 0.3) is 16.6 Å². The number of anilines is 1. The summed E-state index contributed by atoms with van der Waals surface area (Å²) in [5, 5.41) is 7.57. The highest BCUT2D eigenvalue weighted by atomic mass is 16.1. The summed E-state index contributed by atoms with van der Waals surface area (Å²) in [6.07, 6.45) is 0. The van der Waals surface area contributed by atoms with Gasteiger partial charge in [0.05, 0.1) is 5.52 Å². The van der Waals surface area contributed by atoms with Crippen LogP contribution < -0.4 is 10.6 Å². The van der Waals surface area contributed by atoms with E-state index in [2.05, 4.69) is 10.2 Å². The third-order valence-electron chi connectivity index (χ3n) is 3.21. The van der Waals surface area contributed by atoms with Crippen molar-refractivity contribution in [2.75, 3.05) is 19.0 Å². The Hall–Kier alpha value is -2.30. The summed E-state index contributed by atoms with van der Waals surface area (Å²) in [5.74, 6) is 0. The van der Waals surface area contributed by atoms with Gasteiger partial charge in [0.15, 0.2) is 5.65 Å². The van der Waals surface area contributed by atoms with Gasteiger partial charge in [-0.2, -0.15) is 5.10 Å². The molecule has 0 aliphatic rings. The standard InChI is InChI=1S/C13H14N4O/c1-8-6-12-14-15-13(18)17(12)11-7-9(16(2)3)4-5-10(8)11/h4-7H,1-3H3,(H,15,18). The van der Waals surface area contributed by atoms with Crippen molar-refractivity contribution in [3.63, 3.8) is 0 Å². The average Bonchev–Trinajstić information content (AvgIpc) is 2.70. The number of nitrogens with one attached hydrogen (secondary N) is 1. The minimum absolute atomic E-state index is 0.203. The monoisotopic (exact) mass is 242 g/mol. The molecular weight excluding hydrogens is 228 g/mol. The molecule has 0 spiro atoms. The molecule has 0 radical (unpaired) electrons. The Morgan fingerprint density at radius 1 is 1.28 bits per heavy atom. The highest BCUT2D eigenvalue weighted by molar-refractivity contribution is 5.88. The van der Waals surface area contributed by atoms with Crippen LogP contribution in [-0.4, -0.2) is 28.7 Å². The van der Waals surface area contributed by atoms with Gasteiger partial charge in [0, 0.05) is 25.2 Å². The first-order valence-electron chi connectivity index (χ1n) is 5.76. The SMILES string of the molecule is Cc1cc2n[nH]c(=O)n2c2cc(N(C)C)ccc12. The molecule has 18 heavy (non-hydrogen) atoms. The third kappa shape index (κ3) is 1.40. The van der Waals surface area contributed by atoms with E-state index >= 15 is 0 Å². The predicted molar refractivity (Wildman–Crippen MR) is 72.4 cm³/mol. The second-order valence-electron chi connectivity index (χ2n) is 4.65. The zero-order valence-corrected chi connectivity index (χ0v) is 10.6. The quantitative estimate of drug-likeness (QED) is 0.704. The molecule has 5 heteroatoms. The van der Waals surface area contributed by atoms with Crippen LogP contribution in [0, 0.1) is 6.92 Å². The number of H-pyrrole nitrogens is 1. The topological polar surface area (TPSA) is 53.4 Å². The molecule has 0 unspecified atom stereocenters. The number of rotatable bonds is 1. The molecule has 0 aliphatic carbocycles. The van der Waals surface area contributed by atoms with Gasteiger partial charge in [0.1, 0.15) is 0 Å². The Balaban J connectivity index is 2.54. The lowest BCUT2D eigenvalue weighted by Crippen LogP contribution is -2.12. The first-order chi connectivity index (χ1) is 8.58. The van der Waals surface area contributed by atoms with Gasteiger partial charge in [0.2, 0.25) is 0 Å². The molecule has 1 aromatic carbocycles. The summed E-state index contributed by atoms with van der Waals surface area (Å²) in [5.41, 5.74) is 3.51. The van der Waals surface area contributed by atoms with Crippen LogP contribution in [0.2, 0.25) is 0 Å². The van der Waals surface area contributed by atoms with Crippen molar-refractivity contribution in [3.8, 4) is 0 Å². The lowest BCUT2D eigenvalue weighted by molar-refractivity contribution is 1.04. The van der Waals surface area contributed by atoms with Crippen molar-refractivity contribution in [2.24, 2.45) is 0 Å². The van der Waals surface area contributed by atoms with Crippen LogP contribution in [0.1, 0.15) is 5.56 Å². The Kier molecular flexibility index (Phi) is 2.16. The summed E-state index contributed by atoms with van der Waals surface area (Å²) < 4.78 is 1.61. The predicted octanol–water partition coefficient (Wildman–Crippen LogP) is 1.55. The Labute approximate surface area is 104 Å². The van der Waals surface area contributed by atoms with Crippen molar-refractivity contribution in [1.29, 1.82) is 0 Å². The van der Waals surface area contributed by atoms with Gasteiger partial charge in [-0.05, 0) is 30.7 Å². The van der Waals surface area contributed by atoms with Gasteiger partial charge in [-0.1, -0.05) is 6.07 Å². The van der Waals surface area contributed by atoms with E-state index in [9.17, 15) is 4.79 Å². The zero-order chi connectivity index (χ0) is 12.9. The van der Waals surface area contributed by atoms with Crippen LogP contribution in [0.3, 0.4) is 0 Å². The van der Waals surface area contributed by atoms with Gasteiger partial charge < -0.3 is 4.90 Å². The van der Waals surface area contributed by atoms with Crippen molar-refractivity contribution < 1.29 is 0 Å². The first-order valence-corrected chi connectivity index (χ1v) is 5.76. The second kappa shape index (κ2) is 3.60. The molecule has 0 fully saturated rings. The van der Waals surface area contributed by atoms with E-state index in [4.69, 9.17) is 0 Å². The van der Waals surface area contributed by atoms with Crippen LogP contribution in [-0.2, 0) is 0 Å². The highest BCUT2D eigenvalue weighted by Crippen LogP contribution is 2.23. The Bertz CT molecular complexity index is 798. The molecule has 0 amide bonds. The maximum absolute atomic E-state index is 11.8. The van der Waals surface area contributed by atoms with Crippen LogP contribution in [0.4, 0.5) is 5.69 Å². The normalized spacial score (nSPS) is 11.3. The molecule has 1 N–H and O–H groups in total. The van der Waals surface area contributed by atoms with Gasteiger partial charge in [-0.15, -0.1) is 0 Å². The van der Waals surface area contributed by atoms with E-state index in [0.717, 1.165) is 22.2 Å². The number of aryl methyl sites for hydroxylation is 1. The maximum Gasteiger partial charge on any atom is 0.348 e. The second-order valence-corrected chi connectivity index (χ2v) is 4.65. The minimum atomic E-state index is -0.203. The fourth-order valence-corrected chi connectivity index (χ4v) is 2.23. The van der Waals surface area contributed by atoms with Crippen LogP contribution in [0.15, 0.2) is 29.1 Å². The Morgan fingerprint density at radius 3 is 2.78 bits per heavy atom. The summed E-state index contributed by atoms with van der Waals surface area (Å²) in [4.78, 5) is 13.8. The van der Waals surface area contributed by atoms with Crippen molar-refractivity contribution in [2.45, 2.75) is 6.92 Å². The zero-order valence-electron chi connectivity index (χ0n) is 10.6. The molecule has 3 rings (SSSR count). The summed E-state index contributed by atoms with van der Waals surface area (Å²) in [6, 6.07) is 8.01. The molecule has 2 heterocycles. The number of hydrogen-bond donors (Lipinski definition) is 1. The third-order valence-corrected chi connectivity index (χ3v) is 3.21. The van der Waals surface area contributed by atoms with E-state index in [1.165, 1.54) is 0 Å². The van der Waals surface area contributed by atoms with Gasteiger partial charge >= 0.3 is 5.69 Å². The molecular formula is C13H14N4O. The molecule has 0 saturated heterocycles. The molecule has 3 aromatic rings. The molecule has 0 aliphatic heterocycles. The Morgan fingerprint density at radius 2 is 2.06 bits per heavy atom. The number of hydrogen-bond acceptors (Lipinski definition) is 3. The molecule has 0 atom stereocenters. The van der Waals surface area contributed by atoms with Crippen molar-refractivity contribution in [1.82, 2.24) is 14.6 Å². The smallest absolute Gasteiger partial charge is 0.348 e. The van der Waals surface area contributed by atoms with Crippen molar-refractivity contribution in [3.05, 3.63) is 40.3 Å². The lowest BCUT2D eigenvalue weighted by Gasteiger charge is -2.14. The van der Waals surface area contributed by atoms with Gasteiger partial charge in [0.25, 0.3) is 0 Å². The largest absolute Gasteiger partial charge is 0.378 e. The molecule has 2 aromatic heterocycles. The summed E-state index contributed by atoms with van der Waals surface area (Å²) >= 11 is 0. The molecule has 5 nitrogen and oxygen atoms in total.